The summed E-state index contributed by atoms with van der Waals surface area (Å²) in [5, 5.41) is 5.90. The molecule has 1 fully saturated rings. The van der Waals surface area contributed by atoms with Crippen LogP contribution < -0.4 is 10.9 Å². The minimum atomic E-state index is -0.127. The molecule has 0 aliphatic carbocycles. The number of aromatic nitrogens is 2. The second kappa shape index (κ2) is 8.28. The molecule has 168 valence electrons. The molecule has 0 unspecified atom stereocenters. The van der Waals surface area contributed by atoms with Crippen molar-refractivity contribution in [3.63, 3.8) is 0 Å². The minimum absolute atomic E-state index is 0.00153. The highest BCUT2D eigenvalue weighted by Crippen LogP contribution is 2.33. The fraction of sp³-hybridized carbons (Fsp3) is 0.320. The van der Waals surface area contributed by atoms with Crippen molar-refractivity contribution in [3.8, 4) is 0 Å². The number of hydrogen-bond acceptors (Lipinski definition) is 5. The largest absolute Gasteiger partial charge is 0.376 e. The lowest BCUT2D eigenvalue weighted by molar-refractivity contribution is 0.0960. The van der Waals surface area contributed by atoms with Gasteiger partial charge in [0, 0.05) is 23.4 Å². The van der Waals surface area contributed by atoms with Crippen molar-refractivity contribution in [3.05, 3.63) is 69.6 Å². The van der Waals surface area contributed by atoms with Crippen molar-refractivity contribution in [2.45, 2.75) is 38.5 Å². The maximum atomic E-state index is 13.2. The van der Waals surface area contributed by atoms with Crippen molar-refractivity contribution < 1.29 is 9.53 Å². The van der Waals surface area contributed by atoms with Gasteiger partial charge >= 0.3 is 6.03 Å². The maximum Gasteiger partial charge on any atom is 0.322 e. The van der Waals surface area contributed by atoms with Gasteiger partial charge in [0.1, 0.15) is 4.83 Å². The van der Waals surface area contributed by atoms with Gasteiger partial charge < -0.3 is 15.0 Å². The lowest BCUT2D eigenvalue weighted by Crippen LogP contribution is -2.38. The highest BCUT2D eigenvalue weighted by atomic mass is 32.1. The Morgan fingerprint density at radius 3 is 2.97 bits per heavy atom. The van der Waals surface area contributed by atoms with Gasteiger partial charge in [0.2, 0.25) is 0 Å². The minimum Gasteiger partial charge on any atom is -0.376 e. The third-order valence-electron chi connectivity index (χ3n) is 6.57. The van der Waals surface area contributed by atoms with E-state index in [-0.39, 0.29) is 17.7 Å². The molecular formula is C25H24N4O3S. The van der Waals surface area contributed by atoms with Gasteiger partial charge in [-0.25, -0.2) is 9.78 Å². The van der Waals surface area contributed by atoms with Gasteiger partial charge in [-0.05, 0) is 36.3 Å². The molecule has 33 heavy (non-hydrogen) atoms. The van der Waals surface area contributed by atoms with Crippen LogP contribution >= 0.6 is 11.3 Å². The molecule has 6 rings (SSSR count). The molecule has 2 amide bonds. The lowest BCUT2D eigenvalue weighted by Gasteiger charge is -2.27. The fourth-order valence-electron chi connectivity index (χ4n) is 4.86. The molecule has 2 aromatic heterocycles. The zero-order chi connectivity index (χ0) is 22.4. The summed E-state index contributed by atoms with van der Waals surface area (Å²) in [6.45, 7) is 2.36. The molecule has 0 radical (unpaired) electrons. The third-order valence-corrected chi connectivity index (χ3v) is 7.69. The number of anilines is 1. The smallest absolute Gasteiger partial charge is 0.322 e. The van der Waals surface area contributed by atoms with E-state index < -0.39 is 0 Å². The van der Waals surface area contributed by atoms with Crippen LogP contribution in [-0.2, 0) is 24.2 Å². The van der Waals surface area contributed by atoms with Crippen LogP contribution in [0.1, 0.15) is 23.3 Å². The number of rotatable bonds is 3. The van der Waals surface area contributed by atoms with E-state index in [1.807, 2.05) is 47.4 Å². The number of nitrogens with one attached hydrogen (secondary N) is 1. The number of fused-ring (bicyclic) bond motifs is 4. The SMILES string of the molecule is O=C(Nc1cccc2ccccc12)N1CCc2c(sc3ncn(C[C@H]4CCCO4)c(=O)c23)C1. The van der Waals surface area contributed by atoms with E-state index in [1.54, 1.807) is 10.9 Å². The Morgan fingerprint density at radius 2 is 2.09 bits per heavy atom. The molecule has 0 bridgehead atoms. The van der Waals surface area contributed by atoms with Gasteiger partial charge in [-0.15, -0.1) is 11.3 Å². The van der Waals surface area contributed by atoms with E-state index in [4.69, 9.17) is 4.74 Å². The summed E-state index contributed by atoms with van der Waals surface area (Å²) in [4.78, 5) is 34.5. The molecule has 4 heterocycles. The molecule has 1 saturated heterocycles. The number of ether oxygens (including phenoxy) is 1. The van der Waals surface area contributed by atoms with Gasteiger partial charge in [0.25, 0.3) is 5.56 Å². The molecular weight excluding hydrogens is 436 g/mol. The Hall–Kier alpha value is -3.23. The first-order valence-corrected chi connectivity index (χ1v) is 12.1. The Labute approximate surface area is 194 Å². The topological polar surface area (TPSA) is 76.5 Å². The van der Waals surface area contributed by atoms with E-state index in [2.05, 4.69) is 10.3 Å². The number of amides is 2. The van der Waals surface area contributed by atoms with E-state index in [9.17, 15) is 9.59 Å². The summed E-state index contributed by atoms with van der Waals surface area (Å²) in [5.74, 6) is 0. The van der Waals surface area contributed by atoms with Crippen LogP contribution in [0.3, 0.4) is 0 Å². The Morgan fingerprint density at radius 1 is 1.21 bits per heavy atom. The Kier molecular flexibility index (Phi) is 5.11. The lowest BCUT2D eigenvalue weighted by atomic mass is 10.1. The number of urea groups is 1. The summed E-state index contributed by atoms with van der Waals surface area (Å²) in [5.41, 5.74) is 1.85. The van der Waals surface area contributed by atoms with Crippen molar-refractivity contribution in [2.75, 3.05) is 18.5 Å². The molecule has 8 heteroatoms. The maximum absolute atomic E-state index is 13.2. The predicted octanol–water partition coefficient (Wildman–Crippen LogP) is 4.38. The number of thiophene rings is 1. The van der Waals surface area contributed by atoms with Crippen LogP contribution in [-0.4, -0.2) is 39.7 Å². The van der Waals surface area contributed by atoms with Gasteiger partial charge in [0.05, 0.1) is 36.6 Å². The normalized spacial score (nSPS) is 18.1. The van der Waals surface area contributed by atoms with E-state index in [0.29, 0.717) is 31.4 Å². The molecule has 2 aliphatic rings. The third kappa shape index (κ3) is 3.69. The zero-order valence-corrected chi connectivity index (χ0v) is 18.9. The van der Waals surface area contributed by atoms with Crippen molar-refractivity contribution >= 4 is 44.0 Å². The summed E-state index contributed by atoms with van der Waals surface area (Å²) in [6, 6.07) is 13.8. The second-order valence-corrected chi connectivity index (χ2v) is 9.73. The molecule has 0 spiro atoms. The molecule has 1 atom stereocenters. The summed E-state index contributed by atoms with van der Waals surface area (Å²) < 4.78 is 7.38. The fourth-order valence-corrected chi connectivity index (χ4v) is 6.05. The van der Waals surface area contributed by atoms with Crippen LogP contribution in [0.25, 0.3) is 21.0 Å². The van der Waals surface area contributed by atoms with Gasteiger partial charge in [0.15, 0.2) is 0 Å². The number of hydrogen-bond donors (Lipinski definition) is 1. The van der Waals surface area contributed by atoms with Crippen LogP contribution in [0, 0.1) is 0 Å². The first-order chi connectivity index (χ1) is 16.2. The van der Waals surface area contributed by atoms with Gasteiger partial charge in [-0.3, -0.25) is 9.36 Å². The van der Waals surface area contributed by atoms with Crippen molar-refractivity contribution in [1.29, 1.82) is 0 Å². The quantitative estimate of drug-likeness (QED) is 0.492. The average molecular weight is 461 g/mol. The van der Waals surface area contributed by atoms with Gasteiger partial charge in [-0.2, -0.15) is 0 Å². The average Bonchev–Trinajstić information content (AvgIpc) is 3.48. The van der Waals surface area contributed by atoms with E-state index in [0.717, 1.165) is 51.2 Å². The van der Waals surface area contributed by atoms with E-state index in [1.165, 1.54) is 11.3 Å². The monoisotopic (exact) mass is 460 g/mol. The van der Waals surface area contributed by atoms with Crippen LogP contribution in [0.2, 0.25) is 0 Å². The first-order valence-electron chi connectivity index (χ1n) is 11.3. The summed E-state index contributed by atoms with van der Waals surface area (Å²) in [7, 11) is 0. The highest BCUT2D eigenvalue weighted by molar-refractivity contribution is 7.18. The first kappa shape index (κ1) is 20.4. The van der Waals surface area contributed by atoms with Crippen molar-refractivity contribution in [2.24, 2.45) is 0 Å². The second-order valence-electron chi connectivity index (χ2n) is 8.65. The standard InChI is InChI=1S/C25H24N4O3S/c30-24-22-19-10-11-28(25(31)27-20-9-3-6-16-5-1-2-8-18(16)20)14-21(19)33-23(22)26-15-29(24)13-17-7-4-12-32-17/h1-3,5-6,8-9,15,17H,4,7,10-14H2,(H,27,31)/t17-/m1/s1. The number of carbonyl (C=O) groups is 1. The summed E-state index contributed by atoms with van der Waals surface area (Å²) in [6.07, 6.45) is 4.40. The molecule has 2 aliphatic heterocycles. The van der Waals surface area contributed by atoms with Crippen LogP contribution in [0.15, 0.2) is 53.6 Å². The molecule has 2 aromatic carbocycles. The zero-order valence-electron chi connectivity index (χ0n) is 18.1. The molecule has 1 N–H and O–H groups in total. The number of benzene rings is 2. The molecule has 7 nitrogen and oxygen atoms in total. The van der Waals surface area contributed by atoms with Crippen LogP contribution in [0.4, 0.5) is 10.5 Å². The van der Waals surface area contributed by atoms with Crippen LogP contribution in [0.5, 0.6) is 0 Å². The highest BCUT2D eigenvalue weighted by Gasteiger charge is 2.27. The summed E-state index contributed by atoms with van der Waals surface area (Å²) >= 11 is 1.52. The molecule has 4 aromatic rings. The van der Waals surface area contributed by atoms with Gasteiger partial charge in [-0.1, -0.05) is 36.4 Å². The number of carbonyl (C=O) groups excluding carboxylic acids is 1. The molecule has 0 saturated carbocycles. The Balaban J connectivity index is 1.25. The predicted molar refractivity (Wildman–Crippen MR) is 130 cm³/mol. The number of nitrogens with zero attached hydrogens (tertiary/aromatic N) is 3. The van der Waals surface area contributed by atoms with E-state index >= 15 is 0 Å². The van der Waals surface area contributed by atoms with Crippen molar-refractivity contribution in [1.82, 2.24) is 14.5 Å². The Bertz CT molecular complexity index is 1420.